The Kier molecular flexibility index (Phi) is 5.60. The summed E-state index contributed by atoms with van der Waals surface area (Å²) in [5, 5.41) is 10.3. The van der Waals surface area contributed by atoms with Gasteiger partial charge in [0.25, 0.3) is 0 Å². The molecule has 1 saturated heterocycles. The number of likely N-dealkylation sites (tertiary alicyclic amines) is 1. The molecule has 116 valence electrons. The van der Waals surface area contributed by atoms with Gasteiger partial charge in [0.05, 0.1) is 11.7 Å². The minimum atomic E-state index is -0.0749. The monoisotopic (exact) mass is 311 g/mol. The molecule has 1 fully saturated rings. The lowest BCUT2D eigenvalue weighted by Crippen LogP contribution is -2.35. The first-order valence-corrected chi connectivity index (χ1v) is 8.22. The zero-order valence-electron chi connectivity index (χ0n) is 12.4. The number of carbonyl (C=O) groups is 2. The van der Waals surface area contributed by atoms with Crippen LogP contribution in [0.5, 0.6) is 0 Å². The van der Waals surface area contributed by atoms with E-state index in [0.29, 0.717) is 30.5 Å². The molecule has 2 rings (SSSR count). The first-order valence-electron chi connectivity index (χ1n) is 7.23. The van der Waals surface area contributed by atoms with Gasteiger partial charge < -0.3 is 10.2 Å². The molecule has 1 aliphatic heterocycles. The van der Waals surface area contributed by atoms with Crippen molar-refractivity contribution in [3.63, 3.8) is 0 Å². The van der Waals surface area contributed by atoms with Gasteiger partial charge in [-0.25, -0.2) is 4.98 Å². The van der Waals surface area contributed by atoms with Crippen molar-refractivity contribution in [3.8, 4) is 0 Å². The molecule has 0 aromatic carbocycles. The molecule has 7 nitrogen and oxygen atoms in total. The molecule has 2 N–H and O–H groups in total. The molecule has 21 heavy (non-hydrogen) atoms. The summed E-state index contributed by atoms with van der Waals surface area (Å²) in [7, 11) is 0. The number of aromatic amines is 1. The van der Waals surface area contributed by atoms with E-state index in [1.807, 2.05) is 13.8 Å². The highest BCUT2D eigenvalue weighted by Crippen LogP contribution is 2.19. The number of nitrogens with zero attached hydrogens (tertiary/aromatic N) is 3. The van der Waals surface area contributed by atoms with Crippen molar-refractivity contribution in [2.24, 2.45) is 5.92 Å². The van der Waals surface area contributed by atoms with Gasteiger partial charge in [-0.15, -0.1) is 5.10 Å². The Labute approximate surface area is 128 Å². The van der Waals surface area contributed by atoms with E-state index in [1.54, 1.807) is 4.90 Å². The van der Waals surface area contributed by atoms with Crippen LogP contribution in [-0.4, -0.2) is 57.3 Å². The van der Waals surface area contributed by atoms with Gasteiger partial charge in [-0.05, 0) is 13.3 Å². The largest absolute Gasteiger partial charge is 0.356 e. The van der Waals surface area contributed by atoms with Gasteiger partial charge in [-0.3, -0.25) is 14.7 Å². The summed E-state index contributed by atoms with van der Waals surface area (Å²) in [4.78, 5) is 29.9. The molecule has 2 heterocycles. The summed E-state index contributed by atoms with van der Waals surface area (Å²) in [6.07, 6.45) is 1.53. The van der Waals surface area contributed by atoms with E-state index in [4.69, 9.17) is 0 Å². The van der Waals surface area contributed by atoms with Crippen LogP contribution in [0.2, 0.25) is 0 Å². The fraction of sp³-hybridized carbons (Fsp3) is 0.692. The Morgan fingerprint density at radius 2 is 2.29 bits per heavy atom. The lowest BCUT2D eigenvalue weighted by atomic mass is 10.1. The summed E-state index contributed by atoms with van der Waals surface area (Å²) < 4.78 is 0. The standard InChI is InChI=1S/C13H21N5O2S/c1-3-10-15-13(17-16-10)21-8-11(19)18-6-5-9(7-18)12(20)14-4-2/h9H,3-8H2,1-2H3,(H,14,20)(H,15,16,17). The number of aromatic nitrogens is 3. The van der Waals surface area contributed by atoms with Gasteiger partial charge in [-0.1, -0.05) is 18.7 Å². The SMILES string of the molecule is CCNC(=O)C1CCN(C(=O)CSc2n[nH]c(CC)n2)C1. The number of hydrogen-bond donors (Lipinski definition) is 2. The summed E-state index contributed by atoms with van der Waals surface area (Å²) in [6.45, 7) is 5.68. The molecule has 0 bridgehead atoms. The molecule has 1 atom stereocenters. The molecular formula is C13H21N5O2S. The molecule has 2 amide bonds. The number of hydrogen-bond acceptors (Lipinski definition) is 5. The number of rotatable bonds is 6. The molecule has 1 aromatic rings. The van der Waals surface area contributed by atoms with Gasteiger partial charge >= 0.3 is 0 Å². The van der Waals surface area contributed by atoms with Crippen molar-refractivity contribution in [1.29, 1.82) is 0 Å². The van der Waals surface area contributed by atoms with Gasteiger partial charge in [0.1, 0.15) is 5.82 Å². The summed E-state index contributed by atoms with van der Waals surface area (Å²) >= 11 is 1.33. The Hall–Kier alpha value is -1.57. The minimum absolute atomic E-state index is 0.0367. The zero-order chi connectivity index (χ0) is 15.2. The van der Waals surface area contributed by atoms with E-state index in [1.165, 1.54) is 11.8 Å². The second-order valence-corrected chi connectivity index (χ2v) is 5.87. The van der Waals surface area contributed by atoms with E-state index in [9.17, 15) is 9.59 Å². The van der Waals surface area contributed by atoms with Crippen molar-refractivity contribution in [2.75, 3.05) is 25.4 Å². The summed E-state index contributed by atoms with van der Waals surface area (Å²) in [5.41, 5.74) is 0. The first-order chi connectivity index (χ1) is 10.1. The number of nitrogens with one attached hydrogen (secondary N) is 2. The molecule has 0 aliphatic carbocycles. The molecule has 1 aromatic heterocycles. The quantitative estimate of drug-likeness (QED) is 0.744. The van der Waals surface area contributed by atoms with Crippen LogP contribution in [-0.2, 0) is 16.0 Å². The average molecular weight is 311 g/mol. The van der Waals surface area contributed by atoms with Crippen LogP contribution < -0.4 is 5.32 Å². The van der Waals surface area contributed by atoms with Crippen LogP contribution in [0.25, 0.3) is 0 Å². The maximum atomic E-state index is 12.1. The van der Waals surface area contributed by atoms with Crippen LogP contribution in [0.15, 0.2) is 5.16 Å². The van der Waals surface area contributed by atoms with E-state index < -0.39 is 0 Å². The molecule has 8 heteroatoms. The normalized spacial score (nSPS) is 18.0. The Morgan fingerprint density at radius 3 is 2.95 bits per heavy atom. The van der Waals surface area contributed by atoms with Crippen LogP contribution in [0.1, 0.15) is 26.1 Å². The first kappa shape index (κ1) is 15.8. The topological polar surface area (TPSA) is 91.0 Å². The van der Waals surface area contributed by atoms with Crippen molar-refractivity contribution >= 4 is 23.6 Å². The summed E-state index contributed by atoms with van der Waals surface area (Å²) in [5.74, 6) is 1.14. The number of H-pyrrole nitrogens is 1. The Bertz CT molecular complexity index is 505. The highest BCUT2D eigenvalue weighted by atomic mass is 32.2. The predicted octanol–water partition coefficient (Wildman–Crippen LogP) is 0.444. The van der Waals surface area contributed by atoms with E-state index in [2.05, 4.69) is 20.5 Å². The molecule has 0 radical (unpaired) electrons. The van der Waals surface area contributed by atoms with Crippen LogP contribution in [0, 0.1) is 5.92 Å². The Morgan fingerprint density at radius 1 is 1.48 bits per heavy atom. The van der Waals surface area contributed by atoms with Crippen molar-refractivity contribution in [2.45, 2.75) is 31.8 Å². The highest BCUT2D eigenvalue weighted by molar-refractivity contribution is 7.99. The van der Waals surface area contributed by atoms with Crippen molar-refractivity contribution in [3.05, 3.63) is 5.82 Å². The number of carbonyl (C=O) groups excluding carboxylic acids is 2. The smallest absolute Gasteiger partial charge is 0.233 e. The van der Waals surface area contributed by atoms with E-state index in [0.717, 1.165) is 18.7 Å². The number of amides is 2. The molecular weight excluding hydrogens is 290 g/mol. The third-order valence-electron chi connectivity index (χ3n) is 3.43. The minimum Gasteiger partial charge on any atom is -0.356 e. The number of thioether (sulfide) groups is 1. The van der Waals surface area contributed by atoms with Crippen molar-refractivity contribution in [1.82, 2.24) is 25.4 Å². The lowest BCUT2D eigenvalue weighted by molar-refractivity contribution is -0.128. The molecule has 0 spiro atoms. The van der Waals surface area contributed by atoms with Gasteiger partial charge in [-0.2, -0.15) is 0 Å². The van der Waals surface area contributed by atoms with Crippen LogP contribution >= 0.6 is 11.8 Å². The van der Waals surface area contributed by atoms with Gasteiger partial charge in [0.15, 0.2) is 0 Å². The lowest BCUT2D eigenvalue weighted by Gasteiger charge is -2.15. The number of aryl methyl sites for hydroxylation is 1. The fourth-order valence-corrected chi connectivity index (χ4v) is 2.96. The van der Waals surface area contributed by atoms with Crippen LogP contribution in [0.4, 0.5) is 0 Å². The van der Waals surface area contributed by atoms with E-state index >= 15 is 0 Å². The molecule has 1 aliphatic rings. The van der Waals surface area contributed by atoms with Gasteiger partial charge in [0, 0.05) is 26.1 Å². The second kappa shape index (κ2) is 7.44. The second-order valence-electron chi connectivity index (χ2n) is 4.93. The van der Waals surface area contributed by atoms with Gasteiger partial charge in [0.2, 0.25) is 17.0 Å². The fourth-order valence-electron chi connectivity index (χ4n) is 2.24. The maximum absolute atomic E-state index is 12.1. The average Bonchev–Trinajstić information content (AvgIpc) is 3.14. The highest BCUT2D eigenvalue weighted by Gasteiger charge is 2.30. The van der Waals surface area contributed by atoms with Crippen LogP contribution in [0.3, 0.4) is 0 Å². The molecule has 1 unspecified atom stereocenters. The molecule has 0 saturated carbocycles. The third-order valence-corrected chi connectivity index (χ3v) is 4.27. The third kappa shape index (κ3) is 4.20. The predicted molar refractivity (Wildman–Crippen MR) is 79.9 cm³/mol. The van der Waals surface area contributed by atoms with E-state index in [-0.39, 0.29) is 17.7 Å². The van der Waals surface area contributed by atoms with Crippen molar-refractivity contribution < 1.29 is 9.59 Å². The summed E-state index contributed by atoms with van der Waals surface area (Å²) in [6, 6.07) is 0. The zero-order valence-corrected chi connectivity index (χ0v) is 13.2. The maximum Gasteiger partial charge on any atom is 0.233 e. The Balaban J connectivity index is 1.78.